The number of fused-ring (bicyclic) bond motifs is 1. The summed E-state index contributed by atoms with van der Waals surface area (Å²) in [4.78, 5) is 38.4. The number of benzene rings is 2. The summed E-state index contributed by atoms with van der Waals surface area (Å²) >= 11 is 0. The van der Waals surface area contributed by atoms with E-state index in [-0.39, 0.29) is 24.4 Å². The van der Waals surface area contributed by atoms with E-state index in [2.05, 4.69) is 0 Å². The highest BCUT2D eigenvalue weighted by molar-refractivity contribution is 7.92. The van der Waals surface area contributed by atoms with Crippen molar-refractivity contribution in [1.82, 2.24) is 14.9 Å². The molecule has 2 heterocycles. The SMILES string of the molecule is CS(=O)(=O)[C@H](CCn1ccc2cc(-c3ccc(CN4CCCC4=O)cc3)ccc2c1=O)C(=O)NO. The fourth-order valence-electron chi connectivity index (χ4n) is 4.41. The van der Waals surface area contributed by atoms with Crippen molar-refractivity contribution >= 4 is 32.4 Å². The largest absolute Gasteiger partial charge is 0.338 e. The van der Waals surface area contributed by atoms with Gasteiger partial charge in [0, 0.05) is 43.9 Å². The molecule has 0 spiro atoms. The van der Waals surface area contributed by atoms with Gasteiger partial charge in [-0.1, -0.05) is 30.3 Å². The van der Waals surface area contributed by atoms with E-state index in [1.54, 1.807) is 18.3 Å². The van der Waals surface area contributed by atoms with E-state index in [0.717, 1.165) is 41.3 Å². The minimum atomic E-state index is -3.76. The van der Waals surface area contributed by atoms with Crippen LogP contribution in [-0.2, 0) is 32.5 Å². The molecule has 4 rings (SSSR count). The first-order valence-electron chi connectivity index (χ1n) is 11.3. The maximum Gasteiger partial charge on any atom is 0.261 e. The lowest BCUT2D eigenvalue weighted by molar-refractivity contribution is -0.129. The molecule has 3 aromatic rings. The molecule has 184 valence electrons. The summed E-state index contributed by atoms with van der Waals surface area (Å²) in [5, 5.41) is 8.58. The molecule has 9 nitrogen and oxygen atoms in total. The first-order valence-corrected chi connectivity index (χ1v) is 13.3. The van der Waals surface area contributed by atoms with Crippen molar-refractivity contribution < 1.29 is 23.2 Å². The van der Waals surface area contributed by atoms with Gasteiger partial charge >= 0.3 is 0 Å². The fraction of sp³-hybridized carbons (Fsp3) is 0.320. The molecule has 2 N–H and O–H groups in total. The number of aryl methyl sites for hydroxylation is 1. The lowest BCUT2D eigenvalue weighted by atomic mass is 10.0. The van der Waals surface area contributed by atoms with Crippen molar-refractivity contribution in [1.29, 1.82) is 0 Å². The first-order chi connectivity index (χ1) is 16.7. The minimum Gasteiger partial charge on any atom is -0.338 e. The third kappa shape index (κ3) is 5.44. The molecule has 1 atom stereocenters. The van der Waals surface area contributed by atoms with Crippen LogP contribution >= 0.6 is 0 Å². The Morgan fingerprint density at radius 2 is 1.80 bits per heavy atom. The lowest BCUT2D eigenvalue weighted by Gasteiger charge is -2.16. The quantitative estimate of drug-likeness (QED) is 0.363. The van der Waals surface area contributed by atoms with Crippen LogP contribution in [0.3, 0.4) is 0 Å². The maximum atomic E-state index is 12.9. The lowest BCUT2D eigenvalue weighted by Crippen LogP contribution is -2.39. The Balaban J connectivity index is 1.52. The van der Waals surface area contributed by atoms with Crippen LogP contribution < -0.4 is 11.0 Å². The Bertz CT molecular complexity index is 1430. The molecule has 1 aliphatic rings. The highest BCUT2D eigenvalue weighted by Gasteiger charge is 2.28. The van der Waals surface area contributed by atoms with Crippen molar-refractivity contribution in [3.8, 4) is 11.1 Å². The van der Waals surface area contributed by atoms with E-state index < -0.39 is 21.0 Å². The van der Waals surface area contributed by atoms with Gasteiger partial charge < -0.3 is 9.47 Å². The predicted octanol–water partition coefficient (Wildman–Crippen LogP) is 2.10. The van der Waals surface area contributed by atoms with Crippen LogP contribution in [0, 0.1) is 0 Å². The second-order valence-electron chi connectivity index (χ2n) is 8.81. The van der Waals surface area contributed by atoms with E-state index >= 15 is 0 Å². The first kappa shape index (κ1) is 24.6. The molecule has 0 unspecified atom stereocenters. The van der Waals surface area contributed by atoms with Crippen molar-refractivity contribution in [2.75, 3.05) is 12.8 Å². The van der Waals surface area contributed by atoms with Crippen LogP contribution in [0.15, 0.2) is 59.5 Å². The van der Waals surface area contributed by atoms with Crippen LogP contribution in [-0.4, -0.2) is 53.0 Å². The number of sulfone groups is 1. The topological polar surface area (TPSA) is 126 Å². The van der Waals surface area contributed by atoms with E-state index in [4.69, 9.17) is 5.21 Å². The fourth-order valence-corrected chi connectivity index (χ4v) is 5.38. The molecule has 0 aliphatic carbocycles. The molecule has 10 heteroatoms. The van der Waals surface area contributed by atoms with Crippen LogP contribution in [0.5, 0.6) is 0 Å². The molecule has 2 aromatic carbocycles. The van der Waals surface area contributed by atoms with Gasteiger partial charge in [-0.05, 0) is 53.1 Å². The monoisotopic (exact) mass is 497 g/mol. The molecule has 1 fully saturated rings. The molecule has 2 amide bonds. The Morgan fingerprint density at radius 1 is 1.09 bits per heavy atom. The summed E-state index contributed by atoms with van der Waals surface area (Å²) in [5.74, 6) is -0.832. The van der Waals surface area contributed by atoms with E-state index in [1.807, 2.05) is 41.3 Å². The zero-order valence-corrected chi connectivity index (χ0v) is 20.1. The zero-order chi connectivity index (χ0) is 25.2. The van der Waals surface area contributed by atoms with Gasteiger partial charge in [-0.3, -0.25) is 19.6 Å². The molecule has 35 heavy (non-hydrogen) atoms. The third-order valence-corrected chi connectivity index (χ3v) is 7.84. The summed E-state index contributed by atoms with van der Waals surface area (Å²) in [6.07, 6.45) is 3.86. The van der Waals surface area contributed by atoms with E-state index in [9.17, 15) is 22.8 Å². The number of carbonyl (C=O) groups is 2. The van der Waals surface area contributed by atoms with Crippen LogP contribution in [0.1, 0.15) is 24.8 Å². The number of nitrogens with one attached hydrogen (secondary N) is 1. The molecule has 1 aliphatic heterocycles. The number of hydrogen-bond acceptors (Lipinski definition) is 6. The standard InChI is InChI=1S/C25H27N3O6S/c1-35(33,34)22(24(30)26-32)11-14-27-13-10-20-15-19(8-9-21(20)25(27)31)18-6-4-17(5-7-18)16-28-12-2-3-23(28)29/h4-10,13,15,22,32H,2-3,11-12,14,16H2,1H3,(H,26,30)/t22-/m1/s1. The molecule has 1 aromatic heterocycles. The van der Waals surface area contributed by atoms with Gasteiger partial charge in [0.15, 0.2) is 9.84 Å². The summed E-state index contributed by atoms with van der Waals surface area (Å²) in [6, 6.07) is 15.3. The molecule has 1 saturated heterocycles. The Morgan fingerprint density at radius 3 is 2.43 bits per heavy atom. The van der Waals surface area contributed by atoms with Gasteiger partial charge in [0.1, 0.15) is 5.25 Å². The minimum absolute atomic E-state index is 0.00264. The van der Waals surface area contributed by atoms with E-state index in [1.165, 1.54) is 10.0 Å². The molecular formula is C25H27N3O6S. The number of hydroxylamine groups is 1. The number of carbonyl (C=O) groups excluding carboxylic acids is 2. The highest BCUT2D eigenvalue weighted by Crippen LogP contribution is 2.24. The van der Waals surface area contributed by atoms with Crippen molar-refractivity contribution in [2.45, 2.75) is 37.6 Å². The number of rotatable bonds is 8. The van der Waals surface area contributed by atoms with Crippen molar-refractivity contribution in [2.24, 2.45) is 0 Å². The normalized spacial score (nSPS) is 14.9. The van der Waals surface area contributed by atoms with Gasteiger partial charge in [-0.15, -0.1) is 0 Å². The Kier molecular flexibility index (Phi) is 7.04. The Labute approximate surface area is 202 Å². The van der Waals surface area contributed by atoms with Crippen LogP contribution in [0.25, 0.3) is 21.9 Å². The predicted molar refractivity (Wildman–Crippen MR) is 131 cm³/mol. The zero-order valence-electron chi connectivity index (χ0n) is 19.3. The Hall–Kier alpha value is -3.50. The third-order valence-electron chi connectivity index (χ3n) is 6.36. The van der Waals surface area contributed by atoms with Gasteiger partial charge in [0.25, 0.3) is 11.5 Å². The van der Waals surface area contributed by atoms with Crippen LogP contribution in [0.4, 0.5) is 0 Å². The highest BCUT2D eigenvalue weighted by atomic mass is 32.2. The van der Waals surface area contributed by atoms with Gasteiger partial charge in [-0.25, -0.2) is 13.9 Å². The van der Waals surface area contributed by atoms with Gasteiger partial charge in [-0.2, -0.15) is 0 Å². The van der Waals surface area contributed by atoms with Gasteiger partial charge in [0.2, 0.25) is 5.91 Å². The summed E-state index contributed by atoms with van der Waals surface area (Å²) < 4.78 is 25.1. The smallest absolute Gasteiger partial charge is 0.261 e. The molecular weight excluding hydrogens is 470 g/mol. The summed E-state index contributed by atoms with van der Waals surface area (Å²) in [7, 11) is -3.76. The summed E-state index contributed by atoms with van der Waals surface area (Å²) in [5.41, 5.74) is 4.07. The summed E-state index contributed by atoms with van der Waals surface area (Å²) in [6.45, 7) is 1.41. The number of likely N-dealkylation sites (tertiary alicyclic amines) is 1. The molecule has 0 radical (unpaired) electrons. The van der Waals surface area contributed by atoms with Gasteiger partial charge in [0.05, 0.1) is 0 Å². The maximum absolute atomic E-state index is 12.9. The van der Waals surface area contributed by atoms with Crippen molar-refractivity contribution in [3.05, 3.63) is 70.6 Å². The molecule has 0 saturated carbocycles. The number of nitrogens with zero attached hydrogens (tertiary/aromatic N) is 2. The van der Waals surface area contributed by atoms with Crippen molar-refractivity contribution in [3.63, 3.8) is 0 Å². The number of amides is 2. The average molecular weight is 498 g/mol. The molecule has 0 bridgehead atoms. The second kappa shape index (κ2) is 10.0. The number of aromatic nitrogens is 1. The van der Waals surface area contributed by atoms with Crippen LogP contribution in [0.2, 0.25) is 0 Å². The number of hydrogen-bond donors (Lipinski definition) is 2. The average Bonchev–Trinajstić information content (AvgIpc) is 3.24. The number of pyridine rings is 1. The van der Waals surface area contributed by atoms with E-state index in [0.29, 0.717) is 18.4 Å². The second-order valence-corrected chi connectivity index (χ2v) is 11.0.